The number of nitriles is 1. The van der Waals surface area contributed by atoms with Crippen molar-refractivity contribution >= 4 is 27.8 Å². The van der Waals surface area contributed by atoms with Gasteiger partial charge in [-0.15, -0.1) is 0 Å². The zero-order valence-electron chi connectivity index (χ0n) is 20.9. The van der Waals surface area contributed by atoms with Crippen LogP contribution in [0.15, 0.2) is 60.7 Å². The topological polar surface area (TPSA) is 110 Å². The van der Waals surface area contributed by atoms with Crippen molar-refractivity contribution in [3.05, 3.63) is 83.3 Å². The molecule has 0 aliphatic heterocycles. The van der Waals surface area contributed by atoms with Crippen LogP contribution in [0.1, 0.15) is 29.8 Å². The number of hydrogen-bond donors (Lipinski definition) is 1. The highest BCUT2D eigenvalue weighted by Gasteiger charge is 2.26. The van der Waals surface area contributed by atoms with Crippen LogP contribution in [-0.4, -0.2) is 33.0 Å². The molecule has 0 aliphatic rings. The Kier molecular flexibility index (Phi) is 6.39. The molecule has 9 heteroatoms. The number of carboxylic acid groups (broad SMARTS) is 1. The van der Waals surface area contributed by atoms with Gasteiger partial charge in [0.25, 0.3) is 0 Å². The van der Waals surface area contributed by atoms with Crippen LogP contribution < -0.4 is 9.47 Å². The lowest BCUT2D eigenvalue weighted by atomic mass is 10.0. The Labute approximate surface area is 217 Å². The van der Waals surface area contributed by atoms with E-state index in [0.717, 1.165) is 22.2 Å². The van der Waals surface area contributed by atoms with E-state index in [4.69, 9.17) is 19.6 Å². The fourth-order valence-electron chi connectivity index (χ4n) is 4.58. The molecule has 5 aromatic rings. The van der Waals surface area contributed by atoms with Crippen molar-refractivity contribution in [2.24, 2.45) is 7.05 Å². The van der Waals surface area contributed by atoms with Gasteiger partial charge in [0, 0.05) is 35.0 Å². The summed E-state index contributed by atoms with van der Waals surface area (Å²) in [5.41, 5.74) is 4.64. The third-order valence-corrected chi connectivity index (χ3v) is 6.39. The second-order valence-electron chi connectivity index (χ2n) is 8.70. The number of benzene rings is 3. The van der Waals surface area contributed by atoms with E-state index in [1.54, 1.807) is 28.9 Å². The van der Waals surface area contributed by atoms with Gasteiger partial charge in [0.1, 0.15) is 11.5 Å². The van der Waals surface area contributed by atoms with Crippen LogP contribution in [0.2, 0.25) is 0 Å². The zero-order chi connectivity index (χ0) is 27.0. The average Bonchev–Trinajstić information content (AvgIpc) is 3.28. The summed E-state index contributed by atoms with van der Waals surface area (Å²) >= 11 is 0. The minimum absolute atomic E-state index is 0.193. The van der Waals surface area contributed by atoms with Crippen molar-refractivity contribution in [3.8, 4) is 28.8 Å². The zero-order valence-corrected chi connectivity index (χ0v) is 20.9. The molecule has 190 valence electrons. The molecule has 5 rings (SSSR count). The van der Waals surface area contributed by atoms with Crippen LogP contribution in [0.5, 0.6) is 11.5 Å². The normalized spacial score (nSPS) is 11.9. The highest BCUT2D eigenvalue weighted by molar-refractivity contribution is 6.13. The fraction of sp³-hybridized carbons (Fsp3) is 0.172. The van der Waals surface area contributed by atoms with E-state index in [1.165, 1.54) is 31.4 Å². The lowest BCUT2D eigenvalue weighted by Gasteiger charge is -2.18. The average molecular weight is 511 g/mol. The molecule has 0 spiro atoms. The van der Waals surface area contributed by atoms with Crippen molar-refractivity contribution in [2.75, 3.05) is 7.11 Å². The molecule has 0 saturated heterocycles. The van der Waals surface area contributed by atoms with Crippen LogP contribution >= 0.6 is 0 Å². The Bertz CT molecular complexity index is 1720. The minimum Gasteiger partial charge on any atom is -0.493 e. The molecule has 8 nitrogen and oxygen atoms in total. The Hall–Kier alpha value is -4.97. The second-order valence-corrected chi connectivity index (χ2v) is 8.70. The van der Waals surface area contributed by atoms with Gasteiger partial charge in [-0.1, -0.05) is 31.2 Å². The maximum atomic E-state index is 13.5. The van der Waals surface area contributed by atoms with Gasteiger partial charge in [0.15, 0.2) is 11.5 Å². The van der Waals surface area contributed by atoms with E-state index < -0.39 is 17.9 Å². The molecule has 0 bridgehead atoms. The Morgan fingerprint density at radius 1 is 1.13 bits per heavy atom. The first kappa shape index (κ1) is 24.7. The number of nitrogens with zero attached hydrogens (tertiary/aromatic N) is 4. The van der Waals surface area contributed by atoms with Gasteiger partial charge in [-0.3, -0.25) is 9.67 Å². The van der Waals surface area contributed by atoms with Gasteiger partial charge in [0.05, 0.1) is 35.5 Å². The SMILES string of the molecule is CCc1nc2cc(OC)c(OC(C(=O)O)c3ccc(F)cc3)cc2c2c(-c3ccc(C#N)cc3)nn(C)c12. The third kappa shape index (κ3) is 4.26. The highest BCUT2D eigenvalue weighted by Crippen LogP contribution is 2.41. The Balaban J connectivity index is 1.75. The minimum atomic E-state index is -1.40. The van der Waals surface area contributed by atoms with Gasteiger partial charge < -0.3 is 14.6 Å². The molecule has 0 aliphatic carbocycles. The van der Waals surface area contributed by atoms with Crippen molar-refractivity contribution in [3.63, 3.8) is 0 Å². The summed E-state index contributed by atoms with van der Waals surface area (Å²) in [7, 11) is 3.31. The largest absolute Gasteiger partial charge is 0.493 e. The summed E-state index contributed by atoms with van der Waals surface area (Å²) in [5, 5.41) is 25.4. The molecule has 1 atom stereocenters. The molecule has 1 N–H and O–H groups in total. The molecule has 3 aromatic carbocycles. The summed E-state index contributed by atoms with van der Waals surface area (Å²) in [4.78, 5) is 17.0. The molecule has 0 amide bonds. The van der Waals surface area contributed by atoms with Gasteiger partial charge in [-0.05, 0) is 36.8 Å². The quantitative estimate of drug-likeness (QED) is 0.305. The summed E-state index contributed by atoms with van der Waals surface area (Å²) < 4.78 is 26.8. The number of fused-ring (bicyclic) bond motifs is 3. The number of ether oxygens (including phenoxy) is 2. The first-order chi connectivity index (χ1) is 18.3. The number of aryl methyl sites for hydroxylation is 2. The van der Waals surface area contributed by atoms with Crippen LogP contribution in [0, 0.1) is 17.1 Å². The van der Waals surface area contributed by atoms with Crippen LogP contribution in [0.25, 0.3) is 33.1 Å². The van der Waals surface area contributed by atoms with Crippen LogP contribution in [0.3, 0.4) is 0 Å². The van der Waals surface area contributed by atoms with E-state index in [-0.39, 0.29) is 11.3 Å². The Morgan fingerprint density at radius 2 is 1.84 bits per heavy atom. The van der Waals surface area contributed by atoms with Crippen molar-refractivity contribution in [2.45, 2.75) is 19.4 Å². The van der Waals surface area contributed by atoms with E-state index in [0.29, 0.717) is 34.3 Å². The molecule has 0 radical (unpaired) electrons. The summed E-state index contributed by atoms with van der Waals surface area (Å²) in [6.07, 6.45) is -0.738. The van der Waals surface area contributed by atoms with Gasteiger partial charge >= 0.3 is 5.97 Å². The summed E-state index contributed by atoms with van der Waals surface area (Å²) in [6.45, 7) is 2.01. The van der Waals surface area contributed by atoms with E-state index in [9.17, 15) is 19.6 Å². The van der Waals surface area contributed by atoms with Gasteiger partial charge in [-0.25, -0.2) is 9.18 Å². The first-order valence-electron chi connectivity index (χ1n) is 11.9. The number of carbonyl (C=O) groups is 1. The maximum Gasteiger partial charge on any atom is 0.349 e. The number of rotatable bonds is 7. The molecule has 0 fully saturated rings. The number of carboxylic acids is 1. The summed E-state index contributed by atoms with van der Waals surface area (Å²) in [6, 6.07) is 17.8. The molecular weight excluding hydrogens is 487 g/mol. The molecule has 2 aromatic heterocycles. The highest BCUT2D eigenvalue weighted by atomic mass is 19.1. The number of aromatic nitrogens is 3. The predicted octanol–water partition coefficient (Wildman–Crippen LogP) is 5.57. The Morgan fingerprint density at radius 3 is 2.45 bits per heavy atom. The molecule has 0 saturated carbocycles. The lowest BCUT2D eigenvalue weighted by Crippen LogP contribution is -2.18. The maximum absolute atomic E-state index is 13.5. The first-order valence-corrected chi connectivity index (χ1v) is 11.9. The fourth-order valence-corrected chi connectivity index (χ4v) is 4.58. The third-order valence-electron chi connectivity index (χ3n) is 6.39. The number of halogens is 1. The molecular formula is C29H23FN4O4. The van der Waals surface area contributed by atoms with Crippen molar-refractivity contribution in [1.29, 1.82) is 5.26 Å². The number of pyridine rings is 1. The van der Waals surface area contributed by atoms with Crippen molar-refractivity contribution in [1.82, 2.24) is 14.8 Å². The molecule has 2 heterocycles. The van der Waals surface area contributed by atoms with Crippen LogP contribution in [0.4, 0.5) is 4.39 Å². The van der Waals surface area contributed by atoms with E-state index >= 15 is 0 Å². The molecule has 1 unspecified atom stereocenters. The summed E-state index contributed by atoms with van der Waals surface area (Å²) in [5.74, 6) is -1.21. The van der Waals surface area contributed by atoms with Gasteiger partial charge in [0.2, 0.25) is 6.10 Å². The number of hydrogen-bond acceptors (Lipinski definition) is 6. The van der Waals surface area contributed by atoms with Crippen LogP contribution in [-0.2, 0) is 18.3 Å². The van der Waals surface area contributed by atoms with E-state index in [2.05, 4.69) is 6.07 Å². The number of methoxy groups -OCH3 is 1. The predicted molar refractivity (Wildman–Crippen MR) is 140 cm³/mol. The lowest BCUT2D eigenvalue weighted by molar-refractivity contribution is -0.145. The number of aliphatic carboxylic acids is 1. The molecule has 38 heavy (non-hydrogen) atoms. The second kappa shape index (κ2) is 9.82. The van der Waals surface area contributed by atoms with Gasteiger partial charge in [-0.2, -0.15) is 10.4 Å². The van der Waals surface area contributed by atoms with E-state index in [1.807, 2.05) is 26.1 Å². The smallest absolute Gasteiger partial charge is 0.349 e. The van der Waals surface area contributed by atoms with Crippen molar-refractivity contribution < 1.29 is 23.8 Å². The monoisotopic (exact) mass is 510 g/mol. The standard InChI is InChI=1S/C29H23FN4O4/c1-4-21-27-25(26(33-34(27)2)17-7-5-16(15-31)6-8-17)20-13-24(23(37-3)14-22(20)32-21)38-28(29(35)36)18-9-11-19(30)12-10-18/h5-14,28H,4H2,1-3H3,(H,35,36).